The second-order valence-corrected chi connectivity index (χ2v) is 6.29. The molecule has 134 valence electrons. The first-order valence-corrected chi connectivity index (χ1v) is 7.81. The quantitative estimate of drug-likeness (QED) is 0.548. The van der Waals surface area contributed by atoms with E-state index in [1.807, 2.05) is 0 Å². The van der Waals surface area contributed by atoms with Crippen molar-refractivity contribution >= 4 is 28.6 Å². The Hall–Kier alpha value is -3.42. The molecule has 0 atom stereocenters. The number of para-hydroxylation sites is 1. The summed E-state index contributed by atoms with van der Waals surface area (Å²) in [6, 6.07) is 6.34. The van der Waals surface area contributed by atoms with Crippen LogP contribution in [0.3, 0.4) is 0 Å². The van der Waals surface area contributed by atoms with Gasteiger partial charge in [0.05, 0.1) is 11.3 Å². The maximum absolute atomic E-state index is 12.5. The SMILES string of the molecule is CN(C)C(=O)c1c2oc3c(C(=O)N(C)C)cccc3nc-2cc(N)c1=O. The molecule has 0 saturated heterocycles. The normalized spacial score (nSPS) is 10.9. The molecule has 0 saturated carbocycles. The minimum Gasteiger partial charge on any atom is -0.451 e. The van der Waals surface area contributed by atoms with Crippen molar-refractivity contribution in [2.75, 3.05) is 33.9 Å². The minimum absolute atomic E-state index is 0.00871. The molecule has 26 heavy (non-hydrogen) atoms. The second-order valence-electron chi connectivity index (χ2n) is 6.29. The molecule has 1 aromatic carbocycles. The fourth-order valence-electron chi connectivity index (χ4n) is 2.62. The summed E-state index contributed by atoms with van der Waals surface area (Å²) in [5.41, 5.74) is 6.02. The van der Waals surface area contributed by atoms with E-state index in [0.29, 0.717) is 5.52 Å². The third-order valence-electron chi connectivity index (χ3n) is 3.94. The number of nitrogen functional groups attached to an aromatic ring is 1. The van der Waals surface area contributed by atoms with E-state index >= 15 is 0 Å². The molecular weight excluding hydrogens is 336 g/mol. The number of nitrogens with two attached hydrogens (primary N) is 1. The van der Waals surface area contributed by atoms with Gasteiger partial charge in [0.25, 0.3) is 11.8 Å². The standard InChI is InChI=1S/C18H18N4O4/c1-21(2)17(24)9-6-5-7-11-15(9)26-16-12(20-11)8-10(19)14(23)13(16)18(25)22(3)4/h5-8H,19H2,1-4H3. The molecule has 1 aliphatic carbocycles. The van der Waals surface area contributed by atoms with E-state index < -0.39 is 11.3 Å². The molecule has 0 radical (unpaired) electrons. The summed E-state index contributed by atoms with van der Waals surface area (Å²) in [5, 5.41) is 0. The zero-order valence-corrected chi connectivity index (χ0v) is 14.9. The summed E-state index contributed by atoms with van der Waals surface area (Å²) < 4.78 is 5.87. The first kappa shape index (κ1) is 17.4. The molecule has 0 spiro atoms. The Labute approximate surface area is 149 Å². The highest BCUT2D eigenvalue weighted by atomic mass is 16.3. The third-order valence-corrected chi connectivity index (χ3v) is 3.94. The summed E-state index contributed by atoms with van der Waals surface area (Å²) in [7, 11) is 6.28. The Morgan fingerprint density at radius 1 is 1.08 bits per heavy atom. The van der Waals surface area contributed by atoms with Gasteiger partial charge in [-0.15, -0.1) is 0 Å². The maximum Gasteiger partial charge on any atom is 0.261 e. The van der Waals surface area contributed by atoms with Crippen molar-refractivity contribution < 1.29 is 14.0 Å². The predicted octanol–water partition coefficient (Wildman–Crippen LogP) is 1.28. The van der Waals surface area contributed by atoms with Crippen LogP contribution in [-0.2, 0) is 0 Å². The average molecular weight is 354 g/mol. The molecule has 2 N–H and O–H groups in total. The van der Waals surface area contributed by atoms with E-state index in [1.54, 1.807) is 32.3 Å². The molecule has 2 aliphatic rings. The Bertz CT molecular complexity index is 1070. The van der Waals surface area contributed by atoms with Crippen molar-refractivity contribution in [2.45, 2.75) is 0 Å². The van der Waals surface area contributed by atoms with E-state index in [2.05, 4.69) is 4.98 Å². The number of carbonyl (C=O) groups excluding carboxylic acids is 2. The van der Waals surface area contributed by atoms with Gasteiger partial charge in [-0.2, -0.15) is 0 Å². The number of anilines is 1. The Kier molecular flexibility index (Phi) is 4.11. The van der Waals surface area contributed by atoms with Gasteiger partial charge in [0.2, 0.25) is 5.43 Å². The van der Waals surface area contributed by atoms with E-state index in [9.17, 15) is 14.4 Å². The highest BCUT2D eigenvalue weighted by Crippen LogP contribution is 2.30. The topological polar surface area (TPSA) is 110 Å². The molecular formula is C18H18N4O4. The summed E-state index contributed by atoms with van der Waals surface area (Å²) in [6.45, 7) is 0. The van der Waals surface area contributed by atoms with E-state index in [1.165, 1.54) is 30.0 Å². The van der Waals surface area contributed by atoms with Gasteiger partial charge < -0.3 is 20.0 Å². The van der Waals surface area contributed by atoms with E-state index in [4.69, 9.17) is 10.2 Å². The van der Waals surface area contributed by atoms with Crippen molar-refractivity contribution in [3.63, 3.8) is 0 Å². The van der Waals surface area contributed by atoms with Gasteiger partial charge in [-0.05, 0) is 18.2 Å². The second kappa shape index (κ2) is 6.14. The molecule has 8 nitrogen and oxygen atoms in total. The smallest absolute Gasteiger partial charge is 0.261 e. The van der Waals surface area contributed by atoms with Crippen LogP contribution in [0.1, 0.15) is 20.7 Å². The number of rotatable bonds is 2. The number of hydrogen-bond donors (Lipinski definition) is 1. The maximum atomic E-state index is 12.5. The number of amides is 2. The van der Waals surface area contributed by atoms with Crippen LogP contribution in [0.15, 0.2) is 33.5 Å². The van der Waals surface area contributed by atoms with Crippen LogP contribution in [0.5, 0.6) is 0 Å². The van der Waals surface area contributed by atoms with Gasteiger partial charge >= 0.3 is 0 Å². The lowest BCUT2D eigenvalue weighted by molar-refractivity contribution is 0.0821. The van der Waals surface area contributed by atoms with Crippen molar-refractivity contribution in [3.05, 3.63) is 45.6 Å². The molecule has 3 rings (SSSR count). The van der Waals surface area contributed by atoms with Crippen LogP contribution < -0.4 is 11.2 Å². The zero-order valence-electron chi connectivity index (χ0n) is 14.9. The lowest BCUT2D eigenvalue weighted by Gasteiger charge is -2.16. The van der Waals surface area contributed by atoms with Crippen LogP contribution in [0, 0.1) is 0 Å². The molecule has 0 fully saturated rings. The van der Waals surface area contributed by atoms with Gasteiger partial charge in [-0.25, -0.2) is 4.98 Å². The predicted molar refractivity (Wildman–Crippen MR) is 97.3 cm³/mol. The van der Waals surface area contributed by atoms with Crippen LogP contribution in [0.4, 0.5) is 5.69 Å². The van der Waals surface area contributed by atoms with Gasteiger partial charge in [-0.1, -0.05) is 6.07 Å². The largest absolute Gasteiger partial charge is 0.451 e. The number of fused-ring (bicyclic) bond motifs is 2. The van der Waals surface area contributed by atoms with Gasteiger partial charge in [0.1, 0.15) is 16.8 Å². The van der Waals surface area contributed by atoms with Gasteiger partial charge in [0.15, 0.2) is 11.3 Å². The molecule has 1 aromatic rings. The molecule has 8 heteroatoms. The van der Waals surface area contributed by atoms with Crippen LogP contribution in [-0.4, -0.2) is 54.8 Å². The average Bonchev–Trinajstić information content (AvgIpc) is 2.59. The van der Waals surface area contributed by atoms with Crippen LogP contribution >= 0.6 is 0 Å². The monoisotopic (exact) mass is 354 g/mol. The van der Waals surface area contributed by atoms with Gasteiger partial charge in [-0.3, -0.25) is 14.4 Å². The van der Waals surface area contributed by atoms with E-state index in [0.717, 1.165) is 0 Å². The van der Waals surface area contributed by atoms with Crippen molar-refractivity contribution in [3.8, 4) is 11.5 Å². The minimum atomic E-state index is -0.627. The fraction of sp³-hybridized carbons (Fsp3) is 0.222. The van der Waals surface area contributed by atoms with Crippen LogP contribution in [0.2, 0.25) is 0 Å². The molecule has 2 amide bonds. The van der Waals surface area contributed by atoms with Crippen molar-refractivity contribution in [2.24, 2.45) is 0 Å². The first-order valence-electron chi connectivity index (χ1n) is 7.81. The Morgan fingerprint density at radius 2 is 1.73 bits per heavy atom. The summed E-state index contributed by atoms with van der Waals surface area (Å²) >= 11 is 0. The molecule has 1 aliphatic heterocycles. The van der Waals surface area contributed by atoms with Crippen molar-refractivity contribution in [1.82, 2.24) is 14.8 Å². The molecule has 1 heterocycles. The van der Waals surface area contributed by atoms with Crippen LogP contribution in [0.25, 0.3) is 22.6 Å². The number of benzene rings is 2. The number of aromatic nitrogens is 1. The highest BCUT2D eigenvalue weighted by Gasteiger charge is 2.27. The lowest BCUT2D eigenvalue weighted by Crippen LogP contribution is -2.30. The first-order chi connectivity index (χ1) is 12.2. The Morgan fingerprint density at radius 3 is 2.35 bits per heavy atom. The fourth-order valence-corrected chi connectivity index (χ4v) is 2.62. The molecule has 0 aromatic heterocycles. The summed E-state index contributed by atoms with van der Waals surface area (Å²) in [6.07, 6.45) is 0. The molecule has 0 bridgehead atoms. The van der Waals surface area contributed by atoms with Gasteiger partial charge in [0, 0.05) is 28.2 Å². The number of carbonyl (C=O) groups is 2. The number of hydrogen-bond acceptors (Lipinski definition) is 6. The summed E-state index contributed by atoms with van der Waals surface area (Å²) in [4.78, 5) is 44.5. The summed E-state index contributed by atoms with van der Waals surface area (Å²) in [5.74, 6) is -0.818. The zero-order chi connectivity index (χ0) is 19.2. The third kappa shape index (κ3) is 2.65. The molecule has 0 unspecified atom stereocenters. The lowest BCUT2D eigenvalue weighted by atomic mass is 10.1. The highest BCUT2D eigenvalue weighted by molar-refractivity contribution is 6.05. The van der Waals surface area contributed by atoms with E-state index in [-0.39, 0.29) is 39.8 Å². The van der Waals surface area contributed by atoms with Crippen molar-refractivity contribution in [1.29, 1.82) is 0 Å². The number of nitrogens with zero attached hydrogens (tertiary/aromatic N) is 3. The Balaban J connectivity index is 2.45.